The van der Waals surface area contributed by atoms with Crippen LogP contribution in [0.2, 0.25) is 0 Å². The summed E-state index contributed by atoms with van der Waals surface area (Å²) in [7, 11) is 0. The Balaban J connectivity index is 2.27. The minimum atomic E-state index is -0.880. The van der Waals surface area contributed by atoms with Crippen molar-refractivity contribution in [3.05, 3.63) is 0 Å². The van der Waals surface area contributed by atoms with Crippen LogP contribution < -0.4 is 0 Å². The highest BCUT2D eigenvalue weighted by Gasteiger charge is 2.21. The molecule has 0 spiro atoms. The summed E-state index contributed by atoms with van der Waals surface area (Å²) >= 11 is 1.05. The van der Waals surface area contributed by atoms with Crippen LogP contribution in [0.5, 0.6) is 0 Å². The Labute approximate surface area is 106 Å². The molecule has 0 bridgehead atoms. The smallest absolute Gasteiger partial charge is 0.309 e. The molecule has 0 aromatic rings. The van der Waals surface area contributed by atoms with Crippen molar-refractivity contribution in [1.29, 1.82) is 0 Å². The predicted octanol–water partition coefficient (Wildman–Crippen LogP) is 2.32. The number of carbonyl (C=O) groups excluding carboxylic acids is 1. The van der Waals surface area contributed by atoms with Gasteiger partial charge in [0.05, 0.1) is 18.6 Å². The predicted molar refractivity (Wildman–Crippen MR) is 67.1 cm³/mol. The van der Waals surface area contributed by atoms with Gasteiger partial charge in [-0.15, -0.1) is 0 Å². The molecular formula is C12H20O4S. The van der Waals surface area contributed by atoms with Gasteiger partial charge in [0.2, 0.25) is 0 Å². The fourth-order valence-electron chi connectivity index (χ4n) is 1.89. The van der Waals surface area contributed by atoms with E-state index >= 15 is 0 Å². The topological polar surface area (TPSA) is 63.6 Å². The molecule has 0 aromatic heterocycles. The number of carboxylic acids is 1. The monoisotopic (exact) mass is 260 g/mol. The number of carbonyl (C=O) groups is 2. The molecule has 1 rings (SSSR count). The summed E-state index contributed by atoms with van der Waals surface area (Å²) in [4.78, 5) is 21.8. The lowest BCUT2D eigenvalue weighted by Crippen LogP contribution is -2.27. The van der Waals surface area contributed by atoms with Gasteiger partial charge in [-0.3, -0.25) is 9.59 Å². The lowest BCUT2D eigenvalue weighted by atomic mass is 9.98. The molecule has 98 valence electrons. The third-order valence-corrected chi connectivity index (χ3v) is 3.90. The van der Waals surface area contributed by atoms with E-state index in [0.717, 1.165) is 24.6 Å². The van der Waals surface area contributed by atoms with Gasteiger partial charge >= 0.3 is 5.97 Å². The fourth-order valence-corrected chi connectivity index (χ4v) is 2.57. The Hall–Kier alpha value is -0.550. The molecule has 0 aromatic carbocycles. The van der Waals surface area contributed by atoms with E-state index in [-0.39, 0.29) is 17.8 Å². The standard InChI is InChI=1S/C12H20O4S/c1-9(13)17-8-10(12(14)15)7-16-11-5-3-2-4-6-11/h10-11H,2-8H2,1H3,(H,14,15). The average molecular weight is 260 g/mol. The van der Waals surface area contributed by atoms with Crippen LogP contribution in [0.3, 0.4) is 0 Å². The van der Waals surface area contributed by atoms with E-state index in [1.165, 1.54) is 26.2 Å². The summed E-state index contributed by atoms with van der Waals surface area (Å²) in [5.41, 5.74) is 0. The van der Waals surface area contributed by atoms with E-state index in [0.29, 0.717) is 5.75 Å². The number of hydrogen-bond donors (Lipinski definition) is 1. The second-order valence-corrected chi connectivity index (χ2v) is 5.63. The van der Waals surface area contributed by atoms with Crippen molar-refractivity contribution in [1.82, 2.24) is 0 Å². The first-order valence-electron chi connectivity index (χ1n) is 6.07. The Morgan fingerprint density at radius 3 is 2.53 bits per heavy atom. The zero-order valence-corrected chi connectivity index (χ0v) is 11.0. The highest BCUT2D eigenvalue weighted by atomic mass is 32.2. The number of aliphatic carboxylic acids is 1. The van der Waals surface area contributed by atoms with Gasteiger partial charge in [0.1, 0.15) is 0 Å². The molecule has 1 atom stereocenters. The van der Waals surface area contributed by atoms with Gasteiger partial charge in [-0.25, -0.2) is 0 Å². The van der Waals surface area contributed by atoms with Crippen molar-refractivity contribution < 1.29 is 19.4 Å². The van der Waals surface area contributed by atoms with Crippen LogP contribution in [0.15, 0.2) is 0 Å². The number of rotatable bonds is 6. The van der Waals surface area contributed by atoms with E-state index in [1.807, 2.05) is 0 Å². The highest BCUT2D eigenvalue weighted by molar-refractivity contribution is 8.13. The lowest BCUT2D eigenvalue weighted by Gasteiger charge is -2.23. The normalized spacial score (nSPS) is 18.9. The van der Waals surface area contributed by atoms with Gasteiger partial charge in [0.15, 0.2) is 5.12 Å². The molecule has 1 aliphatic carbocycles. The molecule has 0 heterocycles. The Bertz CT molecular complexity index is 261. The lowest BCUT2D eigenvalue weighted by molar-refractivity contribution is -0.143. The summed E-state index contributed by atoms with van der Waals surface area (Å²) < 4.78 is 5.63. The van der Waals surface area contributed by atoms with Crippen LogP contribution in [0.1, 0.15) is 39.0 Å². The second kappa shape index (κ2) is 7.71. The first-order chi connectivity index (χ1) is 8.09. The van der Waals surface area contributed by atoms with Crippen molar-refractivity contribution >= 4 is 22.8 Å². The zero-order chi connectivity index (χ0) is 12.7. The third kappa shape index (κ3) is 6.07. The number of thioether (sulfide) groups is 1. The quantitative estimate of drug-likeness (QED) is 0.794. The summed E-state index contributed by atoms with van der Waals surface area (Å²) in [6, 6.07) is 0. The third-order valence-electron chi connectivity index (χ3n) is 2.92. The Morgan fingerprint density at radius 2 is 2.00 bits per heavy atom. The maximum atomic E-state index is 11.0. The van der Waals surface area contributed by atoms with Gasteiger partial charge < -0.3 is 9.84 Å². The first kappa shape index (κ1) is 14.5. The zero-order valence-electron chi connectivity index (χ0n) is 10.2. The second-order valence-electron chi connectivity index (χ2n) is 4.43. The molecule has 17 heavy (non-hydrogen) atoms. The highest BCUT2D eigenvalue weighted by Crippen LogP contribution is 2.21. The van der Waals surface area contributed by atoms with Crippen LogP contribution in [-0.4, -0.2) is 34.7 Å². The van der Waals surface area contributed by atoms with E-state index in [4.69, 9.17) is 9.84 Å². The van der Waals surface area contributed by atoms with Crippen molar-refractivity contribution in [2.45, 2.75) is 45.1 Å². The summed E-state index contributed by atoms with van der Waals surface area (Å²) in [5.74, 6) is -1.16. The maximum Gasteiger partial charge on any atom is 0.309 e. The van der Waals surface area contributed by atoms with Crippen molar-refractivity contribution in [2.24, 2.45) is 5.92 Å². The van der Waals surface area contributed by atoms with Crippen molar-refractivity contribution in [2.75, 3.05) is 12.4 Å². The first-order valence-corrected chi connectivity index (χ1v) is 7.06. The molecule has 1 fully saturated rings. The van der Waals surface area contributed by atoms with Crippen molar-refractivity contribution in [3.8, 4) is 0 Å². The molecule has 4 nitrogen and oxygen atoms in total. The molecule has 5 heteroatoms. The van der Waals surface area contributed by atoms with Gasteiger partial charge in [-0.2, -0.15) is 0 Å². The van der Waals surface area contributed by atoms with E-state index in [2.05, 4.69) is 0 Å². The summed E-state index contributed by atoms with van der Waals surface area (Å²) in [6.45, 7) is 1.67. The van der Waals surface area contributed by atoms with Crippen molar-refractivity contribution in [3.63, 3.8) is 0 Å². The molecule has 0 amide bonds. The molecule has 1 unspecified atom stereocenters. The molecule has 0 saturated heterocycles. The summed E-state index contributed by atoms with van der Waals surface area (Å²) in [6.07, 6.45) is 5.88. The molecule has 1 aliphatic rings. The Morgan fingerprint density at radius 1 is 1.35 bits per heavy atom. The average Bonchev–Trinajstić information content (AvgIpc) is 2.29. The molecular weight excluding hydrogens is 240 g/mol. The van der Waals surface area contributed by atoms with Gasteiger partial charge in [-0.1, -0.05) is 31.0 Å². The Kier molecular flexibility index (Phi) is 6.58. The van der Waals surface area contributed by atoms with E-state index in [1.54, 1.807) is 0 Å². The number of hydrogen-bond acceptors (Lipinski definition) is 4. The largest absolute Gasteiger partial charge is 0.481 e. The minimum Gasteiger partial charge on any atom is -0.481 e. The molecule has 1 N–H and O–H groups in total. The maximum absolute atomic E-state index is 11.0. The molecule has 0 aliphatic heterocycles. The van der Waals surface area contributed by atoms with E-state index < -0.39 is 11.9 Å². The molecule has 0 radical (unpaired) electrons. The van der Waals surface area contributed by atoms with Crippen LogP contribution in [0, 0.1) is 5.92 Å². The van der Waals surface area contributed by atoms with Crippen LogP contribution in [0.25, 0.3) is 0 Å². The van der Waals surface area contributed by atoms with E-state index in [9.17, 15) is 9.59 Å². The van der Waals surface area contributed by atoms with Gasteiger partial charge in [0.25, 0.3) is 0 Å². The number of ether oxygens (including phenoxy) is 1. The number of carboxylic acid groups (broad SMARTS) is 1. The van der Waals surface area contributed by atoms with Crippen LogP contribution in [0.4, 0.5) is 0 Å². The SMILES string of the molecule is CC(=O)SCC(COC1CCCCC1)C(=O)O. The van der Waals surface area contributed by atoms with Gasteiger partial charge in [-0.05, 0) is 12.8 Å². The van der Waals surface area contributed by atoms with Crippen LogP contribution in [-0.2, 0) is 14.3 Å². The molecule has 1 saturated carbocycles. The minimum absolute atomic E-state index is 0.0473. The fraction of sp³-hybridized carbons (Fsp3) is 0.833. The van der Waals surface area contributed by atoms with Crippen LogP contribution >= 0.6 is 11.8 Å². The van der Waals surface area contributed by atoms with Gasteiger partial charge in [0, 0.05) is 12.7 Å². The summed E-state index contributed by atoms with van der Waals surface area (Å²) in [5, 5.41) is 8.96.